The molecule has 3 heteroatoms. The molecule has 0 aromatic carbocycles. The molecule has 1 aliphatic carbocycles. The number of ether oxygens (including phenoxy) is 1. The van der Waals surface area contributed by atoms with Crippen LogP contribution in [-0.4, -0.2) is 11.9 Å². The van der Waals surface area contributed by atoms with Crippen LogP contribution in [0.3, 0.4) is 0 Å². The van der Waals surface area contributed by atoms with Crippen LogP contribution in [0.1, 0.15) is 45.4 Å². The number of hydrogen-bond donors (Lipinski definition) is 0. The van der Waals surface area contributed by atoms with Crippen molar-refractivity contribution in [3.63, 3.8) is 0 Å². The number of hydrogen-bond acceptors (Lipinski definition) is 3. The molecule has 2 rings (SSSR count). The van der Waals surface area contributed by atoms with Gasteiger partial charge in [-0.3, -0.25) is 9.59 Å². The van der Waals surface area contributed by atoms with E-state index in [0.29, 0.717) is 18.8 Å². The lowest BCUT2D eigenvalue weighted by Crippen LogP contribution is -2.38. The maximum Gasteiger partial charge on any atom is 0.314 e. The second kappa shape index (κ2) is 3.37. The summed E-state index contributed by atoms with van der Waals surface area (Å²) in [6.45, 7) is 2.20. The predicted octanol–water partition coefficient (Wildman–Crippen LogP) is 2.05. The van der Waals surface area contributed by atoms with E-state index in [0.717, 1.165) is 19.3 Å². The lowest BCUT2D eigenvalue weighted by atomic mass is 9.66. The van der Waals surface area contributed by atoms with Gasteiger partial charge >= 0.3 is 11.9 Å². The van der Waals surface area contributed by atoms with E-state index in [2.05, 4.69) is 11.7 Å². The van der Waals surface area contributed by atoms with Crippen LogP contribution in [-0.2, 0) is 14.3 Å². The summed E-state index contributed by atoms with van der Waals surface area (Å²) in [5.74, 6) is -0.00634. The molecule has 1 heterocycles. The quantitative estimate of drug-likeness (QED) is 0.440. The fraction of sp³-hybridized carbons (Fsp3) is 0.818. The van der Waals surface area contributed by atoms with Crippen LogP contribution < -0.4 is 0 Å². The predicted molar refractivity (Wildman–Crippen MR) is 50.4 cm³/mol. The van der Waals surface area contributed by atoms with Crippen LogP contribution in [0.5, 0.6) is 0 Å². The Morgan fingerprint density at radius 1 is 1.29 bits per heavy atom. The van der Waals surface area contributed by atoms with E-state index in [1.54, 1.807) is 0 Å². The molecule has 0 bridgehead atoms. The maximum atomic E-state index is 11.2. The molecule has 3 nitrogen and oxygen atoms in total. The molecule has 0 aromatic heterocycles. The summed E-state index contributed by atoms with van der Waals surface area (Å²) in [6.07, 6.45) is 5.28. The molecule has 0 N–H and O–H groups in total. The van der Waals surface area contributed by atoms with Crippen LogP contribution in [0, 0.1) is 11.3 Å². The number of cyclic esters (lactones) is 2. The van der Waals surface area contributed by atoms with Crippen molar-refractivity contribution < 1.29 is 14.3 Å². The average molecular weight is 196 g/mol. The van der Waals surface area contributed by atoms with Gasteiger partial charge in [0.2, 0.25) is 0 Å². The highest BCUT2D eigenvalue weighted by Crippen LogP contribution is 2.46. The van der Waals surface area contributed by atoms with Gasteiger partial charge in [0, 0.05) is 0 Å². The third kappa shape index (κ3) is 1.81. The van der Waals surface area contributed by atoms with Crippen molar-refractivity contribution in [2.75, 3.05) is 0 Å². The summed E-state index contributed by atoms with van der Waals surface area (Å²) < 4.78 is 4.57. The SMILES string of the molecule is C[C@@H]1CCCC2(CC(=O)OC(=O)C2)C1. The Morgan fingerprint density at radius 2 is 1.93 bits per heavy atom. The Morgan fingerprint density at radius 3 is 2.50 bits per heavy atom. The van der Waals surface area contributed by atoms with Gasteiger partial charge in [-0.25, -0.2) is 0 Å². The van der Waals surface area contributed by atoms with Gasteiger partial charge in [0.25, 0.3) is 0 Å². The van der Waals surface area contributed by atoms with E-state index in [-0.39, 0.29) is 17.4 Å². The Hall–Kier alpha value is -0.860. The molecule has 1 saturated heterocycles. The monoisotopic (exact) mass is 196 g/mol. The minimum absolute atomic E-state index is 0.0515. The molecule has 0 unspecified atom stereocenters. The maximum absolute atomic E-state index is 11.2. The van der Waals surface area contributed by atoms with Gasteiger partial charge in [-0.2, -0.15) is 0 Å². The molecule has 1 atom stereocenters. The van der Waals surface area contributed by atoms with Gasteiger partial charge in [-0.05, 0) is 24.2 Å². The van der Waals surface area contributed by atoms with Crippen molar-refractivity contribution in [1.29, 1.82) is 0 Å². The second-order valence-corrected chi connectivity index (χ2v) is 4.90. The van der Waals surface area contributed by atoms with Gasteiger partial charge in [-0.15, -0.1) is 0 Å². The molecular weight excluding hydrogens is 180 g/mol. The zero-order valence-corrected chi connectivity index (χ0v) is 8.54. The van der Waals surface area contributed by atoms with Crippen molar-refractivity contribution in [3.05, 3.63) is 0 Å². The third-order valence-electron chi connectivity index (χ3n) is 3.45. The molecule has 0 amide bonds. The zero-order valence-electron chi connectivity index (χ0n) is 8.54. The van der Waals surface area contributed by atoms with Crippen LogP contribution in [0.4, 0.5) is 0 Å². The lowest BCUT2D eigenvalue weighted by molar-refractivity contribution is -0.171. The first-order valence-electron chi connectivity index (χ1n) is 5.33. The van der Waals surface area contributed by atoms with Crippen molar-refractivity contribution in [3.8, 4) is 0 Å². The Bertz CT molecular complexity index is 254. The van der Waals surface area contributed by atoms with Crippen LogP contribution in [0.2, 0.25) is 0 Å². The molecule has 0 radical (unpaired) electrons. The van der Waals surface area contributed by atoms with Crippen LogP contribution in [0.25, 0.3) is 0 Å². The van der Waals surface area contributed by atoms with Gasteiger partial charge in [0.1, 0.15) is 0 Å². The number of esters is 2. The zero-order chi connectivity index (χ0) is 10.2. The minimum Gasteiger partial charge on any atom is -0.393 e. The first-order valence-corrected chi connectivity index (χ1v) is 5.33. The van der Waals surface area contributed by atoms with E-state index in [1.807, 2.05) is 0 Å². The standard InChI is InChI=1S/C11H16O3/c1-8-3-2-4-11(5-8)6-9(12)14-10(13)7-11/h8H,2-7H2,1H3/t8-/m1/s1. The van der Waals surface area contributed by atoms with E-state index >= 15 is 0 Å². The lowest BCUT2D eigenvalue weighted by Gasteiger charge is -2.40. The van der Waals surface area contributed by atoms with Crippen molar-refractivity contribution >= 4 is 11.9 Å². The molecule has 1 aliphatic heterocycles. The van der Waals surface area contributed by atoms with E-state index < -0.39 is 0 Å². The van der Waals surface area contributed by atoms with Crippen LogP contribution >= 0.6 is 0 Å². The molecule has 2 aliphatic rings. The molecular formula is C11H16O3. The number of carbonyl (C=O) groups excluding carboxylic acids is 2. The van der Waals surface area contributed by atoms with Gasteiger partial charge in [0.05, 0.1) is 12.8 Å². The fourth-order valence-corrected chi connectivity index (χ4v) is 2.96. The average Bonchev–Trinajstić information content (AvgIpc) is 1.99. The summed E-state index contributed by atoms with van der Waals surface area (Å²) in [4.78, 5) is 22.4. The second-order valence-electron chi connectivity index (χ2n) is 4.90. The summed E-state index contributed by atoms with van der Waals surface area (Å²) in [7, 11) is 0. The molecule has 78 valence electrons. The summed E-state index contributed by atoms with van der Waals surface area (Å²) in [5, 5.41) is 0. The molecule has 14 heavy (non-hydrogen) atoms. The first kappa shape index (κ1) is 9.69. The van der Waals surface area contributed by atoms with E-state index in [1.165, 1.54) is 6.42 Å². The van der Waals surface area contributed by atoms with Crippen molar-refractivity contribution in [2.45, 2.75) is 45.4 Å². The summed E-state index contributed by atoms with van der Waals surface area (Å²) >= 11 is 0. The summed E-state index contributed by atoms with van der Waals surface area (Å²) in [6, 6.07) is 0. The normalized spacial score (nSPS) is 31.6. The highest BCUT2D eigenvalue weighted by molar-refractivity contribution is 5.89. The largest absolute Gasteiger partial charge is 0.393 e. The molecule has 1 spiro atoms. The fourth-order valence-electron chi connectivity index (χ4n) is 2.96. The highest BCUT2D eigenvalue weighted by Gasteiger charge is 2.43. The topological polar surface area (TPSA) is 43.4 Å². The van der Waals surface area contributed by atoms with E-state index in [9.17, 15) is 9.59 Å². The molecule has 2 fully saturated rings. The Balaban J connectivity index is 2.13. The van der Waals surface area contributed by atoms with Crippen LogP contribution in [0.15, 0.2) is 0 Å². The van der Waals surface area contributed by atoms with Gasteiger partial charge in [0.15, 0.2) is 0 Å². The van der Waals surface area contributed by atoms with Gasteiger partial charge < -0.3 is 4.74 Å². The smallest absolute Gasteiger partial charge is 0.314 e. The molecule has 1 saturated carbocycles. The number of carbonyl (C=O) groups is 2. The first-order chi connectivity index (χ1) is 6.60. The minimum atomic E-state index is -0.324. The number of rotatable bonds is 0. The molecule has 0 aromatic rings. The Kier molecular flexibility index (Phi) is 2.33. The third-order valence-corrected chi connectivity index (χ3v) is 3.45. The Labute approximate surface area is 83.8 Å². The van der Waals surface area contributed by atoms with Crippen molar-refractivity contribution in [2.24, 2.45) is 11.3 Å². The summed E-state index contributed by atoms with van der Waals surface area (Å²) in [5.41, 5.74) is -0.0515. The highest BCUT2D eigenvalue weighted by atomic mass is 16.6. The van der Waals surface area contributed by atoms with Crippen molar-refractivity contribution in [1.82, 2.24) is 0 Å². The van der Waals surface area contributed by atoms with E-state index in [4.69, 9.17) is 0 Å². The van der Waals surface area contributed by atoms with Gasteiger partial charge in [-0.1, -0.05) is 19.8 Å².